The quantitative estimate of drug-likeness (QED) is 0.378. The smallest absolute Gasteiger partial charge is 0.333 e. The van der Waals surface area contributed by atoms with Crippen LogP contribution in [0.1, 0.15) is 26.7 Å². The van der Waals surface area contributed by atoms with Crippen LogP contribution in [-0.4, -0.2) is 25.2 Å². The minimum absolute atomic E-state index is 0.254. The van der Waals surface area contributed by atoms with E-state index in [9.17, 15) is 9.59 Å². The summed E-state index contributed by atoms with van der Waals surface area (Å²) >= 11 is 0. The zero-order valence-corrected chi connectivity index (χ0v) is 9.88. The molecule has 0 aliphatic carbocycles. The molecule has 0 saturated carbocycles. The first kappa shape index (κ1) is 14.4. The maximum atomic E-state index is 11.1. The molecule has 0 bridgehead atoms. The van der Waals surface area contributed by atoms with E-state index in [0.29, 0.717) is 30.6 Å². The summed E-state index contributed by atoms with van der Waals surface area (Å²) in [4.78, 5) is 22.1. The van der Waals surface area contributed by atoms with Crippen LogP contribution in [-0.2, 0) is 19.1 Å². The number of hydrogen-bond donors (Lipinski definition) is 0. The summed E-state index contributed by atoms with van der Waals surface area (Å²) in [5.41, 5.74) is 0.762. The van der Waals surface area contributed by atoms with Gasteiger partial charge in [-0.2, -0.15) is 0 Å². The van der Waals surface area contributed by atoms with Crippen LogP contribution < -0.4 is 0 Å². The van der Waals surface area contributed by atoms with Gasteiger partial charge in [0.1, 0.15) is 0 Å². The lowest BCUT2D eigenvalue weighted by atomic mass is 10.2. The van der Waals surface area contributed by atoms with Gasteiger partial charge in [-0.05, 0) is 26.7 Å². The number of carbonyl (C=O) groups is 2. The van der Waals surface area contributed by atoms with Crippen LogP contribution in [0.2, 0.25) is 0 Å². The molecule has 90 valence electrons. The van der Waals surface area contributed by atoms with Crippen LogP contribution in [0, 0.1) is 0 Å². The fourth-order valence-electron chi connectivity index (χ4n) is 0.909. The Morgan fingerprint density at radius 3 is 2.25 bits per heavy atom. The zero-order valence-electron chi connectivity index (χ0n) is 9.88. The zero-order chi connectivity index (χ0) is 12.6. The Morgan fingerprint density at radius 2 is 1.75 bits per heavy atom. The van der Waals surface area contributed by atoms with Gasteiger partial charge in [0.15, 0.2) is 0 Å². The lowest BCUT2D eigenvalue weighted by Crippen LogP contribution is -2.09. The number of rotatable bonds is 7. The standard InChI is InChI=1S/C12H18O4/c1-5-15-12(14)10(4)7-6-8-16-11(13)9(2)3/h2,4-8H2,1,3H3. The summed E-state index contributed by atoms with van der Waals surface area (Å²) in [5, 5.41) is 0. The molecule has 0 aromatic heterocycles. The highest BCUT2D eigenvalue weighted by Crippen LogP contribution is 2.05. The van der Waals surface area contributed by atoms with Crippen molar-refractivity contribution in [2.45, 2.75) is 26.7 Å². The largest absolute Gasteiger partial charge is 0.463 e. The van der Waals surface area contributed by atoms with Crippen molar-refractivity contribution in [2.75, 3.05) is 13.2 Å². The molecule has 4 nitrogen and oxygen atoms in total. The predicted octanol–water partition coefficient (Wildman–Crippen LogP) is 2.01. The highest BCUT2D eigenvalue weighted by atomic mass is 16.5. The molecule has 4 heteroatoms. The maximum absolute atomic E-state index is 11.1. The van der Waals surface area contributed by atoms with E-state index in [2.05, 4.69) is 13.2 Å². The van der Waals surface area contributed by atoms with Crippen molar-refractivity contribution in [3.8, 4) is 0 Å². The Morgan fingerprint density at radius 1 is 1.12 bits per heavy atom. The third kappa shape index (κ3) is 6.01. The summed E-state index contributed by atoms with van der Waals surface area (Å²) in [6, 6.07) is 0. The van der Waals surface area contributed by atoms with Crippen molar-refractivity contribution in [1.82, 2.24) is 0 Å². The molecule has 0 aliphatic heterocycles. The van der Waals surface area contributed by atoms with Crippen LogP contribution in [0.4, 0.5) is 0 Å². The average Bonchev–Trinajstić information content (AvgIpc) is 2.23. The Hall–Kier alpha value is -1.58. The van der Waals surface area contributed by atoms with Gasteiger partial charge >= 0.3 is 11.9 Å². The molecule has 0 aliphatic rings. The van der Waals surface area contributed by atoms with Gasteiger partial charge in [-0.1, -0.05) is 13.2 Å². The number of hydrogen-bond acceptors (Lipinski definition) is 4. The van der Waals surface area contributed by atoms with Crippen LogP contribution >= 0.6 is 0 Å². The van der Waals surface area contributed by atoms with Crippen molar-refractivity contribution in [3.05, 3.63) is 24.3 Å². The molecule has 0 spiro atoms. The van der Waals surface area contributed by atoms with Crippen LogP contribution in [0.5, 0.6) is 0 Å². The number of carbonyl (C=O) groups excluding carboxylic acids is 2. The Kier molecular flexibility index (Phi) is 6.92. The average molecular weight is 226 g/mol. The molecular weight excluding hydrogens is 208 g/mol. The third-order valence-electron chi connectivity index (χ3n) is 1.77. The minimum Gasteiger partial charge on any atom is -0.463 e. The molecule has 0 aromatic rings. The normalized spacial score (nSPS) is 9.38. The molecule has 0 heterocycles. The Labute approximate surface area is 95.9 Å². The fourth-order valence-corrected chi connectivity index (χ4v) is 0.909. The molecule has 0 fully saturated rings. The molecule has 0 atom stereocenters. The lowest BCUT2D eigenvalue weighted by molar-refractivity contribution is -0.139. The van der Waals surface area contributed by atoms with E-state index < -0.39 is 11.9 Å². The van der Waals surface area contributed by atoms with Crippen LogP contribution in [0.25, 0.3) is 0 Å². The van der Waals surface area contributed by atoms with Gasteiger partial charge in [0.25, 0.3) is 0 Å². The van der Waals surface area contributed by atoms with E-state index in [1.54, 1.807) is 13.8 Å². The second-order valence-corrected chi connectivity index (χ2v) is 3.34. The third-order valence-corrected chi connectivity index (χ3v) is 1.77. The topological polar surface area (TPSA) is 52.6 Å². The molecule has 0 saturated heterocycles. The highest BCUT2D eigenvalue weighted by Gasteiger charge is 2.08. The summed E-state index contributed by atoms with van der Waals surface area (Å²) in [6.07, 6.45) is 1.01. The first-order valence-electron chi connectivity index (χ1n) is 5.16. The van der Waals surface area contributed by atoms with E-state index >= 15 is 0 Å². The van der Waals surface area contributed by atoms with Crippen molar-refractivity contribution in [1.29, 1.82) is 0 Å². The van der Waals surface area contributed by atoms with Gasteiger partial charge in [-0.3, -0.25) is 0 Å². The second kappa shape index (κ2) is 7.68. The first-order chi connectivity index (χ1) is 7.49. The summed E-state index contributed by atoms with van der Waals surface area (Å²) in [6.45, 7) is 11.0. The van der Waals surface area contributed by atoms with Crippen LogP contribution in [0.3, 0.4) is 0 Å². The second-order valence-electron chi connectivity index (χ2n) is 3.34. The van der Waals surface area contributed by atoms with Crippen molar-refractivity contribution >= 4 is 11.9 Å². The van der Waals surface area contributed by atoms with Gasteiger partial charge in [-0.15, -0.1) is 0 Å². The minimum atomic E-state index is -0.415. The summed E-state index contributed by atoms with van der Waals surface area (Å²) < 4.78 is 9.62. The molecule has 0 unspecified atom stereocenters. The summed E-state index contributed by atoms with van der Waals surface area (Å²) in [7, 11) is 0. The molecule has 0 amide bonds. The van der Waals surface area contributed by atoms with E-state index in [-0.39, 0.29) is 6.61 Å². The number of ether oxygens (including phenoxy) is 2. The van der Waals surface area contributed by atoms with Gasteiger partial charge in [0.2, 0.25) is 0 Å². The Balaban J connectivity index is 3.67. The molecule has 0 N–H and O–H groups in total. The van der Waals surface area contributed by atoms with Gasteiger partial charge in [0, 0.05) is 11.1 Å². The monoisotopic (exact) mass is 226 g/mol. The molecular formula is C12H18O4. The van der Waals surface area contributed by atoms with E-state index in [0.717, 1.165) is 0 Å². The highest BCUT2D eigenvalue weighted by molar-refractivity contribution is 5.87. The van der Waals surface area contributed by atoms with E-state index in [1.165, 1.54) is 0 Å². The van der Waals surface area contributed by atoms with Crippen molar-refractivity contribution < 1.29 is 19.1 Å². The van der Waals surface area contributed by atoms with Gasteiger partial charge in [0.05, 0.1) is 13.2 Å². The Bertz CT molecular complexity index is 291. The predicted molar refractivity (Wildman–Crippen MR) is 60.8 cm³/mol. The molecule has 0 aromatic carbocycles. The molecule has 0 rings (SSSR count). The van der Waals surface area contributed by atoms with Gasteiger partial charge in [-0.25, -0.2) is 9.59 Å². The van der Waals surface area contributed by atoms with E-state index in [1.807, 2.05) is 0 Å². The number of esters is 2. The van der Waals surface area contributed by atoms with Gasteiger partial charge < -0.3 is 9.47 Å². The first-order valence-corrected chi connectivity index (χ1v) is 5.16. The van der Waals surface area contributed by atoms with Crippen LogP contribution in [0.15, 0.2) is 24.3 Å². The van der Waals surface area contributed by atoms with Crippen molar-refractivity contribution in [3.63, 3.8) is 0 Å². The maximum Gasteiger partial charge on any atom is 0.333 e. The molecule has 0 radical (unpaired) electrons. The van der Waals surface area contributed by atoms with Crippen molar-refractivity contribution in [2.24, 2.45) is 0 Å². The lowest BCUT2D eigenvalue weighted by Gasteiger charge is -2.06. The SMILES string of the molecule is C=C(C)C(=O)OCCCC(=C)C(=O)OCC. The van der Waals surface area contributed by atoms with E-state index in [4.69, 9.17) is 9.47 Å². The molecule has 16 heavy (non-hydrogen) atoms. The fraction of sp³-hybridized carbons (Fsp3) is 0.500. The summed E-state index contributed by atoms with van der Waals surface area (Å²) in [5.74, 6) is -0.810.